The van der Waals surface area contributed by atoms with Crippen molar-refractivity contribution in [1.82, 2.24) is 0 Å². The smallest absolute Gasteiger partial charge is 0.311 e. The fourth-order valence-corrected chi connectivity index (χ4v) is 2.55. The molecule has 0 aliphatic carbocycles. The summed E-state index contributed by atoms with van der Waals surface area (Å²) in [6.07, 6.45) is -0.591. The van der Waals surface area contributed by atoms with Crippen LogP contribution < -0.4 is 4.74 Å². The second-order valence-electron chi connectivity index (χ2n) is 3.36. The molecule has 0 bridgehead atoms. The minimum absolute atomic E-state index is 0.215. The van der Waals surface area contributed by atoms with Crippen LogP contribution in [0.3, 0.4) is 0 Å². The summed E-state index contributed by atoms with van der Waals surface area (Å²) in [7, 11) is 0. The number of carboxylic acids is 1. The summed E-state index contributed by atoms with van der Waals surface area (Å²) in [6.45, 7) is 1.25. The fraction of sp³-hybridized carbons (Fsp3) is 0.182. The van der Waals surface area contributed by atoms with Crippen LogP contribution >= 0.6 is 31.9 Å². The Bertz CT molecular complexity index is 501. The van der Waals surface area contributed by atoms with E-state index in [1.807, 2.05) is 0 Å². The predicted molar refractivity (Wildman–Crippen MR) is 69.7 cm³/mol. The molecule has 0 aromatic heterocycles. The first-order valence-corrected chi connectivity index (χ1v) is 6.32. The molecule has 0 fully saturated rings. The molecular formula is C11H8Br2O5. The van der Waals surface area contributed by atoms with Crippen LogP contribution in [-0.4, -0.2) is 22.8 Å². The largest absolute Gasteiger partial charge is 0.481 e. The highest BCUT2D eigenvalue weighted by atomic mass is 79.9. The van der Waals surface area contributed by atoms with Crippen molar-refractivity contribution >= 4 is 49.6 Å². The van der Waals surface area contributed by atoms with Gasteiger partial charge in [-0.15, -0.1) is 0 Å². The molecule has 0 unspecified atom stereocenters. The first kappa shape index (κ1) is 14.8. The number of hydrogen-bond donors (Lipinski definition) is 1. The quantitative estimate of drug-likeness (QED) is 0.376. The molecule has 5 nitrogen and oxygen atoms in total. The van der Waals surface area contributed by atoms with Gasteiger partial charge in [-0.05, 0) is 44.0 Å². The lowest BCUT2D eigenvalue weighted by Crippen LogP contribution is -2.08. The molecule has 0 radical (unpaired) electrons. The first-order valence-electron chi connectivity index (χ1n) is 4.73. The number of rotatable bonds is 4. The molecular weight excluding hydrogens is 372 g/mol. The summed E-state index contributed by atoms with van der Waals surface area (Å²) in [5.74, 6) is -1.98. The van der Waals surface area contributed by atoms with E-state index in [4.69, 9.17) is 9.84 Å². The summed E-state index contributed by atoms with van der Waals surface area (Å²) >= 11 is 6.31. The van der Waals surface area contributed by atoms with Crippen molar-refractivity contribution in [3.05, 3.63) is 26.6 Å². The minimum atomic E-state index is -1.20. The summed E-state index contributed by atoms with van der Waals surface area (Å²) in [5, 5.41) is 8.54. The second-order valence-corrected chi connectivity index (χ2v) is 5.07. The van der Waals surface area contributed by atoms with Crippen LogP contribution in [0.2, 0.25) is 0 Å². The highest BCUT2D eigenvalue weighted by Crippen LogP contribution is 2.35. The van der Waals surface area contributed by atoms with E-state index in [-0.39, 0.29) is 11.3 Å². The summed E-state index contributed by atoms with van der Waals surface area (Å²) in [4.78, 5) is 32.9. The van der Waals surface area contributed by atoms with Crippen molar-refractivity contribution in [3.8, 4) is 5.75 Å². The van der Waals surface area contributed by atoms with Gasteiger partial charge < -0.3 is 9.84 Å². The van der Waals surface area contributed by atoms with E-state index in [2.05, 4.69) is 31.9 Å². The molecule has 18 heavy (non-hydrogen) atoms. The number of hydrogen-bond acceptors (Lipinski definition) is 4. The van der Waals surface area contributed by atoms with Crippen LogP contribution in [0.1, 0.15) is 23.7 Å². The van der Waals surface area contributed by atoms with Crippen molar-refractivity contribution in [3.63, 3.8) is 0 Å². The molecule has 1 aromatic rings. The molecule has 1 rings (SSSR count). The maximum absolute atomic E-state index is 11.6. The molecule has 0 amide bonds. The molecule has 0 saturated heterocycles. The van der Waals surface area contributed by atoms with Crippen molar-refractivity contribution in [2.45, 2.75) is 13.3 Å². The van der Waals surface area contributed by atoms with E-state index in [1.54, 1.807) is 0 Å². The van der Waals surface area contributed by atoms with Crippen molar-refractivity contribution in [1.29, 1.82) is 0 Å². The third-order valence-electron chi connectivity index (χ3n) is 1.88. The molecule has 96 valence electrons. The molecule has 1 aromatic carbocycles. The minimum Gasteiger partial charge on any atom is -0.481 e. The first-order chi connectivity index (χ1) is 8.31. The van der Waals surface area contributed by atoms with E-state index in [9.17, 15) is 14.4 Å². The zero-order valence-electron chi connectivity index (χ0n) is 9.20. The number of carboxylic acid groups (broad SMARTS) is 1. The Morgan fingerprint density at radius 3 is 2.11 bits per heavy atom. The van der Waals surface area contributed by atoms with Crippen LogP contribution in [0.25, 0.3) is 0 Å². The van der Waals surface area contributed by atoms with Crippen LogP contribution in [-0.2, 0) is 9.59 Å². The zero-order chi connectivity index (χ0) is 13.9. The van der Waals surface area contributed by atoms with Gasteiger partial charge in [0.2, 0.25) is 0 Å². The maximum Gasteiger partial charge on any atom is 0.311 e. The van der Waals surface area contributed by atoms with Gasteiger partial charge in [-0.3, -0.25) is 14.4 Å². The Morgan fingerprint density at radius 1 is 1.22 bits per heavy atom. The predicted octanol–water partition coefficient (Wildman–Crippen LogP) is 2.79. The van der Waals surface area contributed by atoms with Gasteiger partial charge in [-0.2, -0.15) is 0 Å². The number of halogens is 2. The van der Waals surface area contributed by atoms with E-state index in [1.165, 1.54) is 19.1 Å². The van der Waals surface area contributed by atoms with Gasteiger partial charge >= 0.3 is 11.9 Å². The van der Waals surface area contributed by atoms with E-state index < -0.39 is 24.1 Å². The van der Waals surface area contributed by atoms with Gasteiger partial charge in [0.15, 0.2) is 11.5 Å². The Labute approximate surface area is 119 Å². The number of carbonyl (C=O) groups excluding carboxylic acids is 2. The van der Waals surface area contributed by atoms with Gasteiger partial charge in [-0.25, -0.2) is 0 Å². The monoisotopic (exact) mass is 378 g/mol. The molecule has 0 saturated carbocycles. The second kappa shape index (κ2) is 6.10. The normalized spacial score (nSPS) is 9.94. The summed E-state index contributed by atoms with van der Waals surface area (Å²) in [6, 6.07) is 2.82. The Balaban J connectivity index is 3.09. The summed E-state index contributed by atoms with van der Waals surface area (Å²) < 4.78 is 5.71. The van der Waals surface area contributed by atoms with Crippen molar-refractivity contribution in [2.75, 3.05) is 0 Å². The number of carbonyl (C=O) groups is 3. The van der Waals surface area contributed by atoms with E-state index in [0.717, 1.165) is 0 Å². The third kappa shape index (κ3) is 3.92. The number of aliphatic carboxylic acids is 1. The Hall–Kier alpha value is -1.21. The average Bonchev–Trinajstić information content (AvgIpc) is 2.21. The van der Waals surface area contributed by atoms with Crippen LogP contribution in [0, 0.1) is 0 Å². The fourth-order valence-electron chi connectivity index (χ4n) is 1.20. The number of esters is 1. The highest BCUT2D eigenvalue weighted by molar-refractivity contribution is 9.11. The van der Waals surface area contributed by atoms with E-state index in [0.29, 0.717) is 8.95 Å². The molecule has 0 atom stereocenters. The maximum atomic E-state index is 11.6. The molecule has 0 aliphatic rings. The third-order valence-corrected chi connectivity index (χ3v) is 3.06. The lowest BCUT2D eigenvalue weighted by molar-refractivity contribution is -0.136. The lowest BCUT2D eigenvalue weighted by Gasteiger charge is -2.08. The van der Waals surface area contributed by atoms with Crippen LogP contribution in [0.5, 0.6) is 5.75 Å². The van der Waals surface area contributed by atoms with Crippen LogP contribution in [0.4, 0.5) is 0 Å². The van der Waals surface area contributed by atoms with Crippen molar-refractivity contribution in [2.24, 2.45) is 0 Å². The highest BCUT2D eigenvalue weighted by Gasteiger charge is 2.16. The lowest BCUT2D eigenvalue weighted by atomic mass is 10.1. The Morgan fingerprint density at radius 2 is 1.72 bits per heavy atom. The average molecular weight is 380 g/mol. The van der Waals surface area contributed by atoms with Crippen molar-refractivity contribution < 1.29 is 24.2 Å². The van der Waals surface area contributed by atoms with Gasteiger partial charge in [0.1, 0.15) is 6.42 Å². The number of ether oxygens (including phenoxy) is 1. The zero-order valence-corrected chi connectivity index (χ0v) is 12.4. The topological polar surface area (TPSA) is 80.7 Å². The summed E-state index contributed by atoms with van der Waals surface area (Å²) in [5.41, 5.74) is 0.215. The SMILES string of the molecule is CC(=O)Oc1c(Br)cc(C(=O)CC(=O)O)cc1Br. The van der Waals surface area contributed by atoms with Gasteiger partial charge in [0.25, 0.3) is 0 Å². The molecule has 0 heterocycles. The molecule has 7 heteroatoms. The Kier molecular flexibility index (Phi) is 5.03. The molecule has 1 N–H and O–H groups in total. The molecule has 0 aliphatic heterocycles. The standard InChI is InChI=1S/C11H8Br2O5/c1-5(14)18-11-7(12)2-6(3-8(11)13)9(15)4-10(16)17/h2-3H,4H2,1H3,(H,16,17). The number of benzene rings is 1. The van der Waals surface area contributed by atoms with Gasteiger partial charge in [-0.1, -0.05) is 0 Å². The number of ketones is 1. The van der Waals surface area contributed by atoms with Crippen LogP contribution in [0.15, 0.2) is 21.1 Å². The van der Waals surface area contributed by atoms with E-state index >= 15 is 0 Å². The van der Waals surface area contributed by atoms with Gasteiger partial charge in [0.05, 0.1) is 8.95 Å². The molecule has 0 spiro atoms. The number of Topliss-reactive ketones (excluding diaryl/α,β-unsaturated/α-hetero) is 1. The van der Waals surface area contributed by atoms with Gasteiger partial charge in [0, 0.05) is 12.5 Å².